The number of anilines is 1. The molecule has 1 fully saturated rings. The van der Waals surface area contributed by atoms with E-state index in [4.69, 9.17) is 4.74 Å². The Bertz CT molecular complexity index is 760. The summed E-state index contributed by atoms with van der Waals surface area (Å²) in [5.74, 6) is 0.523. The molecule has 7 heteroatoms. The fourth-order valence-corrected chi connectivity index (χ4v) is 3.06. The van der Waals surface area contributed by atoms with E-state index in [1.807, 2.05) is 13.0 Å². The highest BCUT2D eigenvalue weighted by atomic mass is 16.5. The SMILES string of the molecule is CCOc1ccc(-c2ccnc(NCC3CCNCC3)n2)cc1C(=O)O. The minimum absolute atomic E-state index is 0.132. The first kappa shape index (κ1) is 18.1. The molecule has 138 valence electrons. The van der Waals surface area contributed by atoms with Gasteiger partial charge in [0.2, 0.25) is 5.95 Å². The predicted octanol–water partition coefficient (Wildman–Crippen LogP) is 2.65. The van der Waals surface area contributed by atoms with Crippen LogP contribution in [-0.4, -0.2) is 47.3 Å². The molecule has 1 saturated heterocycles. The van der Waals surface area contributed by atoms with Crippen LogP contribution in [0.4, 0.5) is 5.95 Å². The second-order valence-electron chi connectivity index (χ2n) is 6.29. The highest BCUT2D eigenvalue weighted by Crippen LogP contribution is 2.26. The number of rotatable bonds is 7. The molecule has 3 N–H and O–H groups in total. The summed E-state index contributed by atoms with van der Waals surface area (Å²) in [5.41, 5.74) is 1.53. The van der Waals surface area contributed by atoms with Crippen molar-refractivity contribution in [1.29, 1.82) is 0 Å². The van der Waals surface area contributed by atoms with Gasteiger partial charge in [0.25, 0.3) is 0 Å². The second kappa shape index (κ2) is 8.62. The highest BCUT2D eigenvalue weighted by molar-refractivity contribution is 5.92. The Morgan fingerprint density at radius 2 is 2.15 bits per heavy atom. The van der Waals surface area contributed by atoms with Crippen LogP contribution in [0.15, 0.2) is 30.5 Å². The first-order valence-electron chi connectivity index (χ1n) is 8.95. The quantitative estimate of drug-likeness (QED) is 0.702. The van der Waals surface area contributed by atoms with Crippen molar-refractivity contribution >= 4 is 11.9 Å². The Morgan fingerprint density at radius 1 is 1.35 bits per heavy atom. The van der Waals surface area contributed by atoms with Crippen LogP contribution in [0.3, 0.4) is 0 Å². The zero-order valence-corrected chi connectivity index (χ0v) is 14.9. The molecule has 1 aromatic carbocycles. The van der Waals surface area contributed by atoms with Gasteiger partial charge in [0.05, 0.1) is 12.3 Å². The zero-order valence-electron chi connectivity index (χ0n) is 14.9. The molecule has 3 rings (SSSR count). The summed E-state index contributed by atoms with van der Waals surface area (Å²) in [5, 5.41) is 16.1. The minimum atomic E-state index is -1.02. The second-order valence-corrected chi connectivity index (χ2v) is 6.29. The van der Waals surface area contributed by atoms with E-state index in [1.165, 1.54) is 0 Å². The Hall–Kier alpha value is -2.67. The Morgan fingerprint density at radius 3 is 2.88 bits per heavy atom. The lowest BCUT2D eigenvalue weighted by Crippen LogP contribution is -2.31. The predicted molar refractivity (Wildman–Crippen MR) is 99.7 cm³/mol. The van der Waals surface area contributed by atoms with Crippen LogP contribution in [0.2, 0.25) is 0 Å². The Labute approximate surface area is 152 Å². The number of hydrogen-bond donors (Lipinski definition) is 3. The van der Waals surface area contributed by atoms with Gasteiger partial charge >= 0.3 is 5.97 Å². The molecule has 0 unspecified atom stereocenters. The van der Waals surface area contributed by atoms with Gasteiger partial charge in [0.15, 0.2) is 0 Å². The van der Waals surface area contributed by atoms with Crippen molar-refractivity contribution in [3.8, 4) is 17.0 Å². The van der Waals surface area contributed by atoms with Crippen LogP contribution in [0.1, 0.15) is 30.1 Å². The normalized spacial score (nSPS) is 14.8. The minimum Gasteiger partial charge on any atom is -0.493 e. The maximum Gasteiger partial charge on any atom is 0.339 e. The van der Waals surface area contributed by atoms with Gasteiger partial charge in [-0.3, -0.25) is 0 Å². The van der Waals surface area contributed by atoms with Crippen molar-refractivity contribution in [3.63, 3.8) is 0 Å². The molecule has 2 aromatic rings. The number of ether oxygens (including phenoxy) is 1. The van der Waals surface area contributed by atoms with Crippen LogP contribution >= 0.6 is 0 Å². The fourth-order valence-electron chi connectivity index (χ4n) is 3.06. The number of nitrogens with one attached hydrogen (secondary N) is 2. The molecule has 0 saturated carbocycles. The lowest BCUT2D eigenvalue weighted by atomic mass is 9.98. The maximum atomic E-state index is 11.5. The van der Waals surface area contributed by atoms with Gasteiger partial charge < -0.3 is 20.5 Å². The molecular formula is C19H24N4O3. The van der Waals surface area contributed by atoms with E-state index in [0.29, 0.717) is 29.9 Å². The average molecular weight is 356 g/mol. The molecule has 2 heterocycles. The number of piperidine rings is 1. The fraction of sp³-hybridized carbons (Fsp3) is 0.421. The number of carbonyl (C=O) groups is 1. The smallest absolute Gasteiger partial charge is 0.339 e. The largest absolute Gasteiger partial charge is 0.493 e. The number of nitrogens with zero attached hydrogens (tertiary/aromatic N) is 2. The summed E-state index contributed by atoms with van der Waals surface area (Å²) < 4.78 is 5.39. The van der Waals surface area contributed by atoms with Gasteiger partial charge in [0, 0.05) is 18.3 Å². The molecule has 0 aliphatic carbocycles. The van der Waals surface area contributed by atoms with Crippen molar-refractivity contribution < 1.29 is 14.6 Å². The summed E-state index contributed by atoms with van der Waals surface area (Å²) in [6.07, 6.45) is 3.98. The molecule has 0 amide bonds. The third kappa shape index (κ3) is 4.49. The van der Waals surface area contributed by atoms with Crippen LogP contribution in [0.25, 0.3) is 11.3 Å². The van der Waals surface area contributed by atoms with Gasteiger partial charge in [-0.05, 0) is 63.0 Å². The van der Waals surface area contributed by atoms with E-state index < -0.39 is 5.97 Å². The average Bonchev–Trinajstić information content (AvgIpc) is 2.68. The van der Waals surface area contributed by atoms with Gasteiger partial charge in [-0.15, -0.1) is 0 Å². The number of carboxylic acid groups (broad SMARTS) is 1. The van der Waals surface area contributed by atoms with E-state index in [9.17, 15) is 9.90 Å². The lowest BCUT2D eigenvalue weighted by Gasteiger charge is -2.22. The molecule has 0 bridgehead atoms. The van der Waals surface area contributed by atoms with Crippen molar-refractivity contribution in [2.24, 2.45) is 5.92 Å². The van der Waals surface area contributed by atoms with E-state index in [1.54, 1.807) is 24.4 Å². The number of hydrogen-bond acceptors (Lipinski definition) is 6. The Kier molecular flexibility index (Phi) is 6.01. The van der Waals surface area contributed by atoms with Crippen molar-refractivity contribution in [2.75, 3.05) is 31.6 Å². The van der Waals surface area contributed by atoms with Crippen LogP contribution in [0, 0.1) is 5.92 Å². The third-order valence-corrected chi connectivity index (χ3v) is 4.47. The first-order chi connectivity index (χ1) is 12.7. The van der Waals surface area contributed by atoms with Gasteiger partial charge in [0.1, 0.15) is 11.3 Å². The summed E-state index contributed by atoms with van der Waals surface area (Å²) in [7, 11) is 0. The molecule has 7 nitrogen and oxygen atoms in total. The Balaban J connectivity index is 1.76. The monoisotopic (exact) mass is 356 g/mol. The summed E-state index contributed by atoms with van der Waals surface area (Å²) >= 11 is 0. The zero-order chi connectivity index (χ0) is 18.4. The molecular weight excluding hydrogens is 332 g/mol. The number of benzene rings is 1. The van der Waals surface area contributed by atoms with E-state index in [2.05, 4.69) is 20.6 Å². The van der Waals surface area contributed by atoms with Crippen LogP contribution in [-0.2, 0) is 0 Å². The number of aromatic carboxylic acids is 1. The van der Waals surface area contributed by atoms with Crippen molar-refractivity contribution in [3.05, 3.63) is 36.0 Å². The molecule has 26 heavy (non-hydrogen) atoms. The van der Waals surface area contributed by atoms with Gasteiger partial charge in [-0.1, -0.05) is 0 Å². The third-order valence-electron chi connectivity index (χ3n) is 4.47. The number of aromatic nitrogens is 2. The van der Waals surface area contributed by atoms with Gasteiger partial charge in [-0.2, -0.15) is 0 Å². The molecule has 1 aliphatic rings. The maximum absolute atomic E-state index is 11.5. The summed E-state index contributed by atoms with van der Waals surface area (Å²) in [6.45, 7) is 5.19. The van der Waals surface area contributed by atoms with E-state index in [0.717, 1.165) is 38.0 Å². The van der Waals surface area contributed by atoms with Gasteiger partial charge in [-0.25, -0.2) is 14.8 Å². The van der Waals surface area contributed by atoms with Crippen molar-refractivity contribution in [1.82, 2.24) is 15.3 Å². The summed E-state index contributed by atoms with van der Waals surface area (Å²) in [4.78, 5) is 20.3. The van der Waals surface area contributed by atoms with E-state index >= 15 is 0 Å². The van der Waals surface area contributed by atoms with Crippen LogP contribution in [0.5, 0.6) is 5.75 Å². The van der Waals surface area contributed by atoms with Crippen molar-refractivity contribution in [2.45, 2.75) is 19.8 Å². The van der Waals surface area contributed by atoms with E-state index in [-0.39, 0.29) is 5.56 Å². The molecule has 1 aliphatic heterocycles. The molecule has 0 radical (unpaired) electrons. The van der Waals surface area contributed by atoms with Crippen LogP contribution < -0.4 is 15.4 Å². The lowest BCUT2D eigenvalue weighted by molar-refractivity contribution is 0.0692. The topological polar surface area (TPSA) is 96.4 Å². The number of carboxylic acids is 1. The molecule has 1 aromatic heterocycles. The molecule has 0 atom stereocenters. The standard InChI is InChI=1S/C19H24N4O3/c1-2-26-17-4-3-14(11-15(17)18(24)25)16-7-10-21-19(23-16)22-12-13-5-8-20-9-6-13/h3-4,7,10-11,13,20H,2,5-6,8-9,12H2,1H3,(H,24,25)(H,21,22,23). The molecule has 0 spiro atoms. The first-order valence-corrected chi connectivity index (χ1v) is 8.95. The summed E-state index contributed by atoms with van der Waals surface area (Å²) in [6, 6.07) is 6.85. The highest BCUT2D eigenvalue weighted by Gasteiger charge is 2.15.